The molecule has 3 heteroatoms. The highest BCUT2D eigenvalue weighted by molar-refractivity contribution is 9.13. The second-order valence-electron chi connectivity index (χ2n) is 1.93. The largest absolute Gasteiger partial charge is 0.0881 e. The standard InChI is InChI=1S/C6H10Br3/c1-3-5(8)6(9)4(2)7/h4-6H,1,3H2,2H3. The summed E-state index contributed by atoms with van der Waals surface area (Å²) in [5.41, 5.74) is 0. The van der Waals surface area contributed by atoms with Gasteiger partial charge in [-0.25, -0.2) is 0 Å². The third-order valence-corrected chi connectivity index (χ3v) is 5.51. The van der Waals surface area contributed by atoms with Crippen LogP contribution in [0.4, 0.5) is 0 Å². The van der Waals surface area contributed by atoms with Crippen LogP contribution in [0.5, 0.6) is 0 Å². The summed E-state index contributed by atoms with van der Waals surface area (Å²) >= 11 is 10.5. The maximum absolute atomic E-state index is 3.79. The Labute approximate surface area is 82.2 Å². The molecule has 0 spiro atoms. The third kappa shape index (κ3) is 3.99. The van der Waals surface area contributed by atoms with Crippen LogP contribution in [-0.4, -0.2) is 14.5 Å². The zero-order chi connectivity index (χ0) is 7.44. The van der Waals surface area contributed by atoms with Crippen molar-refractivity contribution in [3.63, 3.8) is 0 Å². The summed E-state index contributed by atoms with van der Waals surface area (Å²) in [6.45, 7) is 5.91. The first kappa shape index (κ1) is 10.4. The van der Waals surface area contributed by atoms with Crippen molar-refractivity contribution in [2.45, 2.75) is 27.8 Å². The lowest BCUT2D eigenvalue weighted by Gasteiger charge is -2.16. The smallest absolute Gasteiger partial charge is 0.0393 e. The molecule has 0 aromatic carbocycles. The van der Waals surface area contributed by atoms with Crippen LogP contribution < -0.4 is 0 Å². The van der Waals surface area contributed by atoms with Crippen molar-refractivity contribution in [3.05, 3.63) is 6.92 Å². The zero-order valence-electron chi connectivity index (χ0n) is 5.28. The molecule has 3 atom stereocenters. The molecule has 55 valence electrons. The maximum atomic E-state index is 3.79. The molecule has 0 aliphatic carbocycles. The van der Waals surface area contributed by atoms with Gasteiger partial charge in [0.2, 0.25) is 0 Å². The summed E-state index contributed by atoms with van der Waals surface area (Å²) in [5, 5.41) is 0. The Morgan fingerprint density at radius 2 is 1.78 bits per heavy atom. The van der Waals surface area contributed by atoms with Gasteiger partial charge in [-0.1, -0.05) is 61.6 Å². The van der Waals surface area contributed by atoms with Gasteiger partial charge in [0.25, 0.3) is 0 Å². The summed E-state index contributed by atoms with van der Waals surface area (Å²) in [4.78, 5) is 1.42. The van der Waals surface area contributed by atoms with E-state index in [-0.39, 0.29) is 0 Å². The van der Waals surface area contributed by atoms with Gasteiger partial charge in [-0.05, 0) is 6.42 Å². The normalized spacial score (nSPS) is 21.0. The molecule has 0 fully saturated rings. The van der Waals surface area contributed by atoms with Crippen molar-refractivity contribution in [1.82, 2.24) is 0 Å². The fourth-order valence-corrected chi connectivity index (χ4v) is 1.95. The number of alkyl halides is 3. The monoisotopic (exact) mass is 319 g/mol. The van der Waals surface area contributed by atoms with Crippen molar-refractivity contribution >= 4 is 47.8 Å². The molecule has 0 bridgehead atoms. The summed E-state index contributed by atoms with van der Waals surface area (Å²) in [5.74, 6) is 0. The average Bonchev–Trinajstić information content (AvgIpc) is 1.84. The van der Waals surface area contributed by atoms with Crippen molar-refractivity contribution in [2.75, 3.05) is 0 Å². The third-order valence-electron chi connectivity index (χ3n) is 1.06. The van der Waals surface area contributed by atoms with Crippen LogP contribution in [0, 0.1) is 6.92 Å². The molecule has 0 rings (SSSR count). The van der Waals surface area contributed by atoms with Crippen LogP contribution in [0.25, 0.3) is 0 Å². The van der Waals surface area contributed by atoms with Gasteiger partial charge in [-0.3, -0.25) is 0 Å². The molecule has 0 aromatic rings. The van der Waals surface area contributed by atoms with Gasteiger partial charge in [0.15, 0.2) is 0 Å². The number of halogens is 3. The molecular formula is C6H10Br3. The molecule has 3 unspecified atom stereocenters. The molecule has 0 saturated carbocycles. The topological polar surface area (TPSA) is 0 Å². The van der Waals surface area contributed by atoms with Crippen LogP contribution in [0.15, 0.2) is 0 Å². The van der Waals surface area contributed by atoms with Crippen molar-refractivity contribution in [3.8, 4) is 0 Å². The summed E-state index contributed by atoms with van der Waals surface area (Å²) in [6, 6.07) is 0. The van der Waals surface area contributed by atoms with Gasteiger partial charge in [0.1, 0.15) is 0 Å². The lowest BCUT2D eigenvalue weighted by molar-refractivity contribution is 0.807. The van der Waals surface area contributed by atoms with E-state index < -0.39 is 0 Å². The minimum atomic E-state index is 0.465. The SMILES string of the molecule is [CH2]CC(Br)C(Br)C(C)Br. The van der Waals surface area contributed by atoms with Gasteiger partial charge in [0, 0.05) is 14.5 Å². The van der Waals surface area contributed by atoms with E-state index in [9.17, 15) is 0 Å². The molecular weight excluding hydrogens is 312 g/mol. The Bertz CT molecular complexity index is 72.7. The Hall–Kier alpha value is 1.44. The first-order valence-corrected chi connectivity index (χ1v) is 5.55. The van der Waals surface area contributed by atoms with Crippen LogP contribution in [0.1, 0.15) is 13.3 Å². The van der Waals surface area contributed by atoms with E-state index in [1.54, 1.807) is 0 Å². The van der Waals surface area contributed by atoms with Crippen LogP contribution >= 0.6 is 47.8 Å². The molecule has 0 N–H and O–H groups in total. The highest BCUT2D eigenvalue weighted by atomic mass is 79.9. The van der Waals surface area contributed by atoms with E-state index in [1.807, 2.05) is 0 Å². The molecule has 0 nitrogen and oxygen atoms in total. The van der Waals surface area contributed by atoms with Gasteiger partial charge >= 0.3 is 0 Å². The van der Waals surface area contributed by atoms with Gasteiger partial charge in [0.05, 0.1) is 0 Å². The second kappa shape index (κ2) is 5.14. The Morgan fingerprint density at radius 1 is 1.33 bits per heavy atom. The van der Waals surface area contributed by atoms with Crippen LogP contribution in [0.2, 0.25) is 0 Å². The minimum Gasteiger partial charge on any atom is -0.0881 e. The first-order valence-electron chi connectivity index (χ1n) is 2.81. The molecule has 1 radical (unpaired) electrons. The second-order valence-corrected chi connectivity index (χ2v) is 5.60. The van der Waals surface area contributed by atoms with Crippen LogP contribution in [-0.2, 0) is 0 Å². The van der Waals surface area contributed by atoms with E-state index in [2.05, 4.69) is 61.6 Å². The highest BCUT2D eigenvalue weighted by Crippen LogP contribution is 2.24. The fraction of sp³-hybridized carbons (Fsp3) is 0.833. The quantitative estimate of drug-likeness (QED) is 0.698. The van der Waals surface area contributed by atoms with Crippen molar-refractivity contribution < 1.29 is 0 Å². The molecule has 0 amide bonds. The highest BCUT2D eigenvalue weighted by Gasteiger charge is 2.17. The zero-order valence-corrected chi connectivity index (χ0v) is 10.0. The van der Waals surface area contributed by atoms with E-state index >= 15 is 0 Å². The summed E-state index contributed by atoms with van der Waals surface area (Å²) < 4.78 is 0. The Kier molecular flexibility index (Phi) is 5.96. The molecule has 0 saturated heterocycles. The van der Waals surface area contributed by atoms with E-state index in [0.717, 1.165) is 6.42 Å². The van der Waals surface area contributed by atoms with E-state index in [1.165, 1.54) is 0 Å². The van der Waals surface area contributed by atoms with Crippen molar-refractivity contribution in [1.29, 1.82) is 0 Å². The molecule has 0 heterocycles. The van der Waals surface area contributed by atoms with Gasteiger partial charge in [-0.15, -0.1) is 0 Å². The van der Waals surface area contributed by atoms with Gasteiger partial charge < -0.3 is 0 Å². The number of hydrogen-bond donors (Lipinski definition) is 0. The lowest BCUT2D eigenvalue weighted by atomic mass is 10.2. The van der Waals surface area contributed by atoms with E-state index in [4.69, 9.17) is 0 Å². The maximum Gasteiger partial charge on any atom is 0.0393 e. The Balaban J connectivity index is 3.58. The van der Waals surface area contributed by atoms with E-state index in [0.29, 0.717) is 14.5 Å². The molecule has 0 aliphatic heterocycles. The molecule has 9 heavy (non-hydrogen) atoms. The predicted molar refractivity (Wildman–Crippen MR) is 53.8 cm³/mol. The van der Waals surface area contributed by atoms with Crippen molar-refractivity contribution in [2.24, 2.45) is 0 Å². The number of hydrogen-bond acceptors (Lipinski definition) is 0. The average molecular weight is 322 g/mol. The number of rotatable bonds is 3. The molecule has 0 aromatic heterocycles. The fourth-order valence-electron chi connectivity index (χ4n) is 0.447. The Morgan fingerprint density at radius 3 is 1.89 bits per heavy atom. The minimum absolute atomic E-state index is 0.465. The van der Waals surface area contributed by atoms with Crippen LogP contribution in [0.3, 0.4) is 0 Å². The van der Waals surface area contributed by atoms with Gasteiger partial charge in [-0.2, -0.15) is 0 Å². The lowest BCUT2D eigenvalue weighted by Crippen LogP contribution is -2.20. The summed E-state index contributed by atoms with van der Waals surface area (Å²) in [7, 11) is 0. The molecule has 0 aliphatic rings. The predicted octanol–water partition coefficient (Wildman–Crippen LogP) is 3.52. The first-order chi connectivity index (χ1) is 4.09. The summed E-state index contributed by atoms with van der Waals surface area (Å²) in [6.07, 6.45) is 0.909.